The summed E-state index contributed by atoms with van der Waals surface area (Å²) in [5.41, 5.74) is 0. The minimum absolute atomic E-state index is 0.0582. The van der Waals surface area contributed by atoms with E-state index >= 15 is 0 Å². The van der Waals surface area contributed by atoms with Crippen LogP contribution in [0, 0.1) is 0 Å². The largest absolute Gasteiger partial charge is 0.506 e. The third-order valence-corrected chi connectivity index (χ3v) is 1.48. The molecule has 0 radical (unpaired) electrons. The molecule has 1 aliphatic rings. The Labute approximate surface area is 75.0 Å². The summed E-state index contributed by atoms with van der Waals surface area (Å²) in [5, 5.41) is 16.9. The number of rotatable bonds is 6. The summed E-state index contributed by atoms with van der Waals surface area (Å²) < 4.78 is 14.2. The molecule has 0 aromatic rings. The van der Waals surface area contributed by atoms with Gasteiger partial charge in [0, 0.05) is 0 Å². The number of epoxide rings is 1. The maximum absolute atomic E-state index is 10.1. The van der Waals surface area contributed by atoms with Crippen LogP contribution < -0.4 is 0 Å². The van der Waals surface area contributed by atoms with Gasteiger partial charge in [-0.1, -0.05) is 0 Å². The van der Waals surface area contributed by atoms with Gasteiger partial charge >= 0.3 is 6.16 Å². The third kappa shape index (κ3) is 4.66. The molecule has 6 nitrogen and oxygen atoms in total. The molecule has 0 aromatic carbocycles. The van der Waals surface area contributed by atoms with Gasteiger partial charge in [-0.15, -0.1) is 0 Å². The van der Waals surface area contributed by atoms with Crippen molar-refractivity contribution in [3.05, 3.63) is 0 Å². The predicted molar refractivity (Wildman–Crippen MR) is 40.5 cm³/mol. The lowest BCUT2D eigenvalue weighted by Gasteiger charge is -2.12. The highest BCUT2D eigenvalue weighted by molar-refractivity contribution is 5.57. The quantitative estimate of drug-likeness (QED) is 0.434. The van der Waals surface area contributed by atoms with Crippen LogP contribution in [0.5, 0.6) is 0 Å². The first-order chi connectivity index (χ1) is 6.22. The Kier molecular flexibility index (Phi) is 3.94. The van der Waals surface area contributed by atoms with Crippen LogP contribution in [-0.2, 0) is 14.2 Å². The van der Waals surface area contributed by atoms with E-state index in [0.29, 0.717) is 13.2 Å². The highest BCUT2D eigenvalue weighted by Gasteiger charge is 2.23. The van der Waals surface area contributed by atoms with E-state index in [0.717, 1.165) is 0 Å². The molecule has 2 N–H and O–H groups in total. The van der Waals surface area contributed by atoms with Crippen molar-refractivity contribution in [1.29, 1.82) is 0 Å². The van der Waals surface area contributed by atoms with Gasteiger partial charge in [0.2, 0.25) is 0 Å². The van der Waals surface area contributed by atoms with Gasteiger partial charge < -0.3 is 24.4 Å². The molecular weight excluding hydrogens is 180 g/mol. The first kappa shape index (κ1) is 10.2. The Morgan fingerprint density at radius 2 is 2.38 bits per heavy atom. The summed E-state index contributed by atoms with van der Waals surface area (Å²) in [7, 11) is 0. The molecule has 76 valence electrons. The second-order valence-electron chi connectivity index (χ2n) is 2.68. The van der Waals surface area contributed by atoms with Gasteiger partial charge in [-0.2, -0.15) is 0 Å². The summed E-state index contributed by atoms with van der Waals surface area (Å²) in [6.07, 6.45) is -2.09. The van der Waals surface area contributed by atoms with Crippen molar-refractivity contribution in [2.75, 3.05) is 26.4 Å². The lowest BCUT2D eigenvalue weighted by Crippen LogP contribution is -2.27. The van der Waals surface area contributed by atoms with E-state index in [1.165, 1.54) is 0 Å². The summed E-state index contributed by atoms with van der Waals surface area (Å²) in [6.45, 7) is 0.781. The topological polar surface area (TPSA) is 88.5 Å². The molecule has 1 saturated heterocycles. The number of aliphatic hydroxyl groups is 1. The Bertz CT molecular complexity index is 166. The van der Waals surface area contributed by atoms with Gasteiger partial charge in [0.15, 0.2) is 6.10 Å². The maximum Gasteiger partial charge on any atom is 0.506 e. The van der Waals surface area contributed by atoms with Crippen molar-refractivity contribution in [3.8, 4) is 0 Å². The molecule has 0 amide bonds. The second kappa shape index (κ2) is 5.00. The summed E-state index contributed by atoms with van der Waals surface area (Å²) in [4.78, 5) is 10.1. The van der Waals surface area contributed by atoms with Gasteiger partial charge in [-0.3, -0.25) is 0 Å². The standard InChI is InChI=1S/C7H12O6/c8-1-5(13-7(9)10)2-11-3-6-4-12-6/h5-6,8H,1-4H2,(H,9,10). The highest BCUT2D eigenvalue weighted by Crippen LogP contribution is 2.08. The van der Waals surface area contributed by atoms with E-state index in [9.17, 15) is 4.79 Å². The normalized spacial score (nSPS) is 22.4. The van der Waals surface area contributed by atoms with Crippen LogP contribution in [0.3, 0.4) is 0 Å². The first-order valence-corrected chi connectivity index (χ1v) is 3.92. The van der Waals surface area contributed by atoms with E-state index < -0.39 is 12.3 Å². The average Bonchev–Trinajstić information content (AvgIpc) is 2.85. The van der Waals surface area contributed by atoms with Crippen LogP contribution in [0.2, 0.25) is 0 Å². The van der Waals surface area contributed by atoms with E-state index in [1.54, 1.807) is 0 Å². The Hall–Kier alpha value is -0.850. The molecule has 1 heterocycles. The number of hydrogen-bond acceptors (Lipinski definition) is 5. The number of hydrogen-bond donors (Lipinski definition) is 2. The fourth-order valence-electron chi connectivity index (χ4n) is 0.762. The van der Waals surface area contributed by atoms with Gasteiger partial charge in [-0.05, 0) is 0 Å². The van der Waals surface area contributed by atoms with E-state index in [4.69, 9.17) is 19.7 Å². The molecule has 1 rings (SSSR count). The predicted octanol–water partition coefficient (Wildman–Crippen LogP) is -0.543. The molecule has 0 aliphatic carbocycles. The zero-order valence-corrected chi connectivity index (χ0v) is 7.01. The molecule has 0 saturated carbocycles. The third-order valence-electron chi connectivity index (χ3n) is 1.48. The maximum atomic E-state index is 10.1. The van der Waals surface area contributed by atoms with Crippen molar-refractivity contribution >= 4 is 6.16 Å². The summed E-state index contributed by atoms with van der Waals surface area (Å²) >= 11 is 0. The smallest absolute Gasteiger partial charge is 0.450 e. The fraction of sp³-hybridized carbons (Fsp3) is 0.857. The SMILES string of the molecule is O=C(O)OC(CO)COCC1CO1. The van der Waals surface area contributed by atoms with Gasteiger partial charge in [0.1, 0.15) is 6.10 Å². The number of aliphatic hydroxyl groups excluding tert-OH is 1. The van der Waals surface area contributed by atoms with Crippen molar-refractivity contribution in [1.82, 2.24) is 0 Å². The van der Waals surface area contributed by atoms with E-state index in [-0.39, 0.29) is 19.3 Å². The zero-order chi connectivity index (χ0) is 9.68. The van der Waals surface area contributed by atoms with E-state index in [1.807, 2.05) is 0 Å². The Morgan fingerprint density at radius 3 is 2.85 bits per heavy atom. The lowest BCUT2D eigenvalue weighted by molar-refractivity contribution is -0.0270. The van der Waals surface area contributed by atoms with Crippen LogP contribution >= 0.6 is 0 Å². The summed E-state index contributed by atoms with van der Waals surface area (Å²) in [5.74, 6) is 0. The highest BCUT2D eigenvalue weighted by atomic mass is 16.7. The molecule has 0 bridgehead atoms. The first-order valence-electron chi connectivity index (χ1n) is 3.92. The molecule has 2 atom stereocenters. The molecule has 0 spiro atoms. The molecule has 2 unspecified atom stereocenters. The zero-order valence-electron chi connectivity index (χ0n) is 7.01. The average molecular weight is 192 g/mol. The number of carbonyl (C=O) groups is 1. The lowest BCUT2D eigenvalue weighted by atomic mass is 10.4. The Morgan fingerprint density at radius 1 is 1.69 bits per heavy atom. The molecule has 6 heteroatoms. The minimum atomic E-state index is -1.41. The number of carboxylic acid groups (broad SMARTS) is 1. The van der Waals surface area contributed by atoms with Crippen molar-refractivity contribution in [2.24, 2.45) is 0 Å². The summed E-state index contributed by atoms with van der Waals surface area (Å²) in [6, 6.07) is 0. The van der Waals surface area contributed by atoms with Crippen LogP contribution in [0.25, 0.3) is 0 Å². The van der Waals surface area contributed by atoms with Gasteiger partial charge in [0.25, 0.3) is 0 Å². The molecule has 1 fully saturated rings. The van der Waals surface area contributed by atoms with E-state index in [2.05, 4.69) is 4.74 Å². The van der Waals surface area contributed by atoms with Crippen LogP contribution in [0.4, 0.5) is 4.79 Å². The van der Waals surface area contributed by atoms with Crippen molar-refractivity contribution < 1.29 is 29.2 Å². The minimum Gasteiger partial charge on any atom is -0.450 e. The van der Waals surface area contributed by atoms with Crippen LogP contribution in [0.1, 0.15) is 0 Å². The second-order valence-corrected chi connectivity index (χ2v) is 2.68. The van der Waals surface area contributed by atoms with Crippen LogP contribution in [0.15, 0.2) is 0 Å². The fourth-order valence-corrected chi connectivity index (χ4v) is 0.762. The molecule has 13 heavy (non-hydrogen) atoms. The monoisotopic (exact) mass is 192 g/mol. The van der Waals surface area contributed by atoms with Crippen molar-refractivity contribution in [2.45, 2.75) is 12.2 Å². The molecule has 0 aromatic heterocycles. The van der Waals surface area contributed by atoms with Crippen molar-refractivity contribution in [3.63, 3.8) is 0 Å². The van der Waals surface area contributed by atoms with Crippen LogP contribution in [-0.4, -0.2) is 55.0 Å². The molecular formula is C7H12O6. The number of ether oxygens (including phenoxy) is 3. The van der Waals surface area contributed by atoms with Gasteiger partial charge in [-0.25, -0.2) is 4.79 Å². The van der Waals surface area contributed by atoms with Gasteiger partial charge in [0.05, 0.1) is 26.4 Å². The molecule has 1 aliphatic heterocycles. The Balaban J connectivity index is 2.03.